The number of nitro groups is 1. The van der Waals surface area contributed by atoms with E-state index in [4.69, 9.17) is 4.74 Å². The third kappa shape index (κ3) is 4.99. The molecule has 0 atom stereocenters. The number of nitrogens with zero attached hydrogens (tertiary/aromatic N) is 2. The Hall–Kier alpha value is -3.31. The Kier molecular flexibility index (Phi) is 6.13. The van der Waals surface area contributed by atoms with Crippen molar-refractivity contribution in [2.24, 2.45) is 0 Å². The van der Waals surface area contributed by atoms with Crippen molar-refractivity contribution in [1.29, 1.82) is 0 Å². The Labute approximate surface area is 179 Å². The lowest BCUT2D eigenvalue weighted by atomic mass is 10.2. The van der Waals surface area contributed by atoms with Crippen LogP contribution in [0.3, 0.4) is 0 Å². The fourth-order valence-corrected chi connectivity index (χ4v) is 3.48. The maximum atomic E-state index is 12.4. The zero-order valence-corrected chi connectivity index (χ0v) is 17.8. The molecular weight excluding hydrogens is 478 g/mol. The van der Waals surface area contributed by atoms with Gasteiger partial charge < -0.3 is 10.1 Å². The van der Waals surface area contributed by atoms with Crippen LogP contribution in [0.25, 0.3) is 0 Å². The Morgan fingerprint density at radius 1 is 1.17 bits per heavy atom. The molecule has 9 nitrogen and oxygen atoms in total. The van der Waals surface area contributed by atoms with Crippen molar-refractivity contribution >= 4 is 43.0 Å². The number of hydrogen-bond donors (Lipinski definition) is 1. The summed E-state index contributed by atoms with van der Waals surface area (Å²) >= 11 is 3.21. The smallest absolute Gasteiger partial charge is 0.294 e. The molecule has 30 heavy (non-hydrogen) atoms. The molecule has 0 bridgehead atoms. The van der Waals surface area contributed by atoms with Crippen molar-refractivity contribution in [3.63, 3.8) is 0 Å². The minimum atomic E-state index is -3.36. The molecule has 3 aromatic rings. The van der Waals surface area contributed by atoms with E-state index in [1.54, 1.807) is 12.1 Å². The SMILES string of the molecule is CS(=O)(=O)c1ccc(Oc2cc(NC(=O)c3ccccn3)c([N+](=O)[O-])cc2Br)cc1. The summed E-state index contributed by atoms with van der Waals surface area (Å²) in [5, 5.41) is 13.9. The quantitative estimate of drug-likeness (QED) is 0.403. The molecule has 0 fully saturated rings. The maximum absolute atomic E-state index is 12.4. The number of amides is 1. The highest BCUT2D eigenvalue weighted by Crippen LogP contribution is 2.38. The average molecular weight is 492 g/mol. The van der Waals surface area contributed by atoms with Crippen molar-refractivity contribution < 1.29 is 22.9 Å². The number of carbonyl (C=O) groups is 1. The standard InChI is InChI=1S/C19H14BrN3O6S/c1-30(27,28)13-7-5-12(6-8-13)29-18-11-16(17(23(25)26)10-14(18)20)22-19(24)15-4-2-3-9-21-15/h2-11H,1H3,(H,22,24). The summed E-state index contributed by atoms with van der Waals surface area (Å²) < 4.78 is 29.1. The van der Waals surface area contributed by atoms with E-state index in [1.165, 1.54) is 48.7 Å². The minimum Gasteiger partial charge on any atom is -0.456 e. The summed E-state index contributed by atoms with van der Waals surface area (Å²) in [6.45, 7) is 0. The van der Waals surface area contributed by atoms with Crippen LogP contribution in [-0.2, 0) is 9.84 Å². The number of carbonyl (C=O) groups excluding carboxylic acids is 1. The number of nitro benzene ring substituents is 1. The molecule has 11 heteroatoms. The number of ether oxygens (including phenoxy) is 1. The monoisotopic (exact) mass is 491 g/mol. The molecule has 1 N–H and O–H groups in total. The van der Waals surface area contributed by atoms with E-state index in [0.29, 0.717) is 5.75 Å². The summed E-state index contributed by atoms with van der Waals surface area (Å²) in [4.78, 5) is 27.2. The topological polar surface area (TPSA) is 128 Å². The molecule has 0 aliphatic rings. The molecule has 1 heterocycles. The third-order valence-electron chi connectivity index (χ3n) is 3.87. The van der Waals surface area contributed by atoms with E-state index in [0.717, 1.165) is 6.26 Å². The van der Waals surface area contributed by atoms with Gasteiger partial charge in [0.25, 0.3) is 11.6 Å². The molecule has 3 rings (SSSR count). The first kappa shape index (κ1) is 21.4. The van der Waals surface area contributed by atoms with Gasteiger partial charge in [0, 0.05) is 24.6 Å². The molecule has 0 saturated heterocycles. The molecular formula is C19H14BrN3O6S. The van der Waals surface area contributed by atoms with Gasteiger partial charge in [0.15, 0.2) is 9.84 Å². The highest BCUT2D eigenvalue weighted by Gasteiger charge is 2.21. The van der Waals surface area contributed by atoms with Crippen LogP contribution in [0.1, 0.15) is 10.5 Å². The average Bonchev–Trinajstić information content (AvgIpc) is 2.70. The number of benzene rings is 2. The predicted octanol–water partition coefficient (Wildman–Crippen LogP) is 4.20. The number of nitrogens with one attached hydrogen (secondary N) is 1. The summed E-state index contributed by atoms with van der Waals surface area (Å²) in [7, 11) is -3.36. The van der Waals surface area contributed by atoms with Gasteiger partial charge in [-0.15, -0.1) is 0 Å². The summed E-state index contributed by atoms with van der Waals surface area (Å²) in [6.07, 6.45) is 2.52. The van der Waals surface area contributed by atoms with Gasteiger partial charge in [0.05, 0.1) is 14.3 Å². The van der Waals surface area contributed by atoms with Crippen LogP contribution in [0.2, 0.25) is 0 Å². The fourth-order valence-electron chi connectivity index (χ4n) is 2.44. The summed E-state index contributed by atoms with van der Waals surface area (Å²) in [5.41, 5.74) is -0.332. The predicted molar refractivity (Wildman–Crippen MR) is 113 cm³/mol. The summed E-state index contributed by atoms with van der Waals surface area (Å²) in [5.74, 6) is -0.132. The zero-order chi connectivity index (χ0) is 21.9. The van der Waals surface area contributed by atoms with Crippen LogP contribution < -0.4 is 10.1 Å². The van der Waals surface area contributed by atoms with Crippen LogP contribution in [-0.4, -0.2) is 30.5 Å². The van der Waals surface area contributed by atoms with Gasteiger partial charge in [-0.2, -0.15) is 0 Å². The lowest BCUT2D eigenvalue weighted by Gasteiger charge is -2.12. The molecule has 0 radical (unpaired) electrons. The lowest BCUT2D eigenvalue weighted by molar-refractivity contribution is -0.384. The van der Waals surface area contributed by atoms with E-state index in [9.17, 15) is 23.3 Å². The summed E-state index contributed by atoms with van der Waals surface area (Å²) in [6, 6.07) is 12.9. The second-order valence-corrected chi connectivity index (χ2v) is 8.94. The fraction of sp³-hybridized carbons (Fsp3) is 0.0526. The Bertz CT molecular complexity index is 1220. The van der Waals surface area contributed by atoms with E-state index < -0.39 is 20.7 Å². The number of hydrogen-bond acceptors (Lipinski definition) is 7. The van der Waals surface area contributed by atoms with Crippen LogP contribution in [0.5, 0.6) is 11.5 Å². The Morgan fingerprint density at radius 2 is 1.87 bits per heavy atom. The molecule has 1 amide bonds. The van der Waals surface area contributed by atoms with Crippen molar-refractivity contribution in [2.75, 3.05) is 11.6 Å². The van der Waals surface area contributed by atoms with Crippen molar-refractivity contribution in [3.05, 3.63) is 81.1 Å². The highest BCUT2D eigenvalue weighted by atomic mass is 79.9. The molecule has 0 aliphatic carbocycles. The molecule has 2 aromatic carbocycles. The third-order valence-corrected chi connectivity index (χ3v) is 5.62. The molecule has 0 spiro atoms. The molecule has 0 unspecified atom stereocenters. The molecule has 0 saturated carbocycles. The number of halogens is 1. The first-order valence-electron chi connectivity index (χ1n) is 8.33. The lowest BCUT2D eigenvalue weighted by Crippen LogP contribution is -2.14. The zero-order valence-electron chi connectivity index (χ0n) is 15.4. The second-order valence-electron chi connectivity index (χ2n) is 6.07. The van der Waals surface area contributed by atoms with E-state index in [2.05, 4.69) is 26.2 Å². The normalized spacial score (nSPS) is 11.0. The Balaban J connectivity index is 1.93. The van der Waals surface area contributed by atoms with Gasteiger partial charge in [-0.3, -0.25) is 19.9 Å². The highest BCUT2D eigenvalue weighted by molar-refractivity contribution is 9.10. The molecule has 1 aromatic heterocycles. The van der Waals surface area contributed by atoms with E-state index in [-0.39, 0.29) is 32.2 Å². The first-order valence-corrected chi connectivity index (χ1v) is 11.0. The van der Waals surface area contributed by atoms with Crippen LogP contribution in [0, 0.1) is 10.1 Å². The minimum absolute atomic E-state index is 0.0818. The number of anilines is 1. The van der Waals surface area contributed by atoms with Gasteiger partial charge in [-0.25, -0.2) is 8.42 Å². The van der Waals surface area contributed by atoms with E-state index >= 15 is 0 Å². The number of rotatable bonds is 6. The first-order chi connectivity index (χ1) is 14.1. The second kappa shape index (κ2) is 8.59. The van der Waals surface area contributed by atoms with Crippen LogP contribution in [0.4, 0.5) is 11.4 Å². The maximum Gasteiger partial charge on any atom is 0.294 e. The number of sulfone groups is 1. The van der Waals surface area contributed by atoms with Crippen molar-refractivity contribution in [1.82, 2.24) is 4.98 Å². The van der Waals surface area contributed by atoms with Gasteiger partial charge in [0.1, 0.15) is 22.9 Å². The molecule has 0 aliphatic heterocycles. The van der Waals surface area contributed by atoms with Crippen LogP contribution >= 0.6 is 15.9 Å². The van der Waals surface area contributed by atoms with Gasteiger partial charge in [0.2, 0.25) is 0 Å². The Morgan fingerprint density at radius 3 is 2.43 bits per heavy atom. The number of aromatic nitrogens is 1. The van der Waals surface area contributed by atoms with Gasteiger partial charge >= 0.3 is 0 Å². The molecule has 154 valence electrons. The van der Waals surface area contributed by atoms with E-state index in [1.807, 2.05) is 0 Å². The number of pyridine rings is 1. The van der Waals surface area contributed by atoms with Crippen LogP contribution in [0.15, 0.2) is 70.2 Å². The van der Waals surface area contributed by atoms with Gasteiger partial charge in [-0.05, 0) is 52.3 Å². The largest absolute Gasteiger partial charge is 0.456 e. The van der Waals surface area contributed by atoms with Crippen molar-refractivity contribution in [2.45, 2.75) is 4.90 Å². The van der Waals surface area contributed by atoms with Crippen molar-refractivity contribution in [3.8, 4) is 11.5 Å². The van der Waals surface area contributed by atoms with Gasteiger partial charge in [-0.1, -0.05) is 6.07 Å².